The predicted molar refractivity (Wildman–Crippen MR) is 41.8 cm³/mol. The summed E-state index contributed by atoms with van der Waals surface area (Å²) in [4.78, 5) is 0. The first-order chi connectivity index (χ1) is 6.44. The van der Waals surface area contributed by atoms with Crippen LogP contribution in [-0.2, 0) is 9.47 Å². The number of halogens is 3. The molecule has 0 bridgehead atoms. The molecule has 1 aliphatic carbocycles. The van der Waals surface area contributed by atoms with Crippen LogP contribution in [-0.4, -0.2) is 42.8 Å². The smallest absolute Gasteiger partial charge is 0.390 e. The van der Waals surface area contributed by atoms with Crippen LogP contribution in [0.1, 0.15) is 13.3 Å². The average molecular weight is 214 g/mol. The third-order valence-corrected chi connectivity index (χ3v) is 2.04. The second-order valence-electron chi connectivity index (χ2n) is 3.19. The molecule has 14 heavy (non-hydrogen) atoms. The molecule has 3 unspecified atom stereocenters. The zero-order valence-electron chi connectivity index (χ0n) is 7.75. The van der Waals surface area contributed by atoms with Crippen LogP contribution >= 0.6 is 0 Å². The Kier molecular flexibility index (Phi) is 3.74. The van der Waals surface area contributed by atoms with Gasteiger partial charge in [-0.3, -0.25) is 0 Å². The Labute approximate surface area is 79.8 Å². The summed E-state index contributed by atoms with van der Waals surface area (Å²) in [5.41, 5.74) is 0. The SMILES string of the molecule is CCOC1C(O)CC1OCC(F)(F)F. The first kappa shape index (κ1) is 11.7. The van der Waals surface area contributed by atoms with Crippen molar-refractivity contribution in [3.63, 3.8) is 0 Å². The lowest BCUT2D eigenvalue weighted by Gasteiger charge is -2.40. The van der Waals surface area contributed by atoms with Gasteiger partial charge in [-0.25, -0.2) is 0 Å². The van der Waals surface area contributed by atoms with Crippen molar-refractivity contribution in [3.8, 4) is 0 Å². The molecule has 3 atom stereocenters. The maximum absolute atomic E-state index is 11.8. The molecule has 84 valence electrons. The summed E-state index contributed by atoms with van der Waals surface area (Å²) in [7, 11) is 0. The van der Waals surface area contributed by atoms with Crippen molar-refractivity contribution >= 4 is 0 Å². The maximum atomic E-state index is 11.8. The van der Waals surface area contributed by atoms with E-state index in [9.17, 15) is 13.2 Å². The van der Waals surface area contributed by atoms with Crippen LogP contribution < -0.4 is 0 Å². The van der Waals surface area contributed by atoms with Gasteiger partial charge in [0.2, 0.25) is 0 Å². The lowest BCUT2D eigenvalue weighted by Crippen LogP contribution is -2.54. The molecule has 1 N–H and O–H groups in total. The summed E-state index contributed by atoms with van der Waals surface area (Å²) in [5, 5.41) is 9.15. The molecule has 3 nitrogen and oxygen atoms in total. The minimum absolute atomic E-state index is 0.209. The van der Waals surface area contributed by atoms with Crippen LogP contribution in [0.4, 0.5) is 13.2 Å². The minimum Gasteiger partial charge on any atom is -0.390 e. The maximum Gasteiger partial charge on any atom is 0.411 e. The van der Waals surface area contributed by atoms with Crippen molar-refractivity contribution < 1.29 is 27.8 Å². The van der Waals surface area contributed by atoms with Gasteiger partial charge in [0.15, 0.2) is 0 Å². The van der Waals surface area contributed by atoms with E-state index in [0.717, 1.165) is 0 Å². The Morgan fingerprint density at radius 1 is 1.36 bits per heavy atom. The average Bonchev–Trinajstić information content (AvgIpc) is 2.06. The molecular formula is C8H13F3O3. The van der Waals surface area contributed by atoms with Gasteiger partial charge in [0.25, 0.3) is 0 Å². The second kappa shape index (κ2) is 4.46. The van der Waals surface area contributed by atoms with Crippen LogP contribution in [0.5, 0.6) is 0 Å². The first-order valence-electron chi connectivity index (χ1n) is 4.42. The van der Waals surface area contributed by atoms with E-state index in [1.165, 1.54) is 0 Å². The highest BCUT2D eigenvalue weighted by Crippen LogP contribution is 2.29. The summed E-state index contributed by atoms with van der Waals surface area (Å²) in [6.45, 7) is 0.785. The summed E-state index contributed by atoms with van der Waals surface area (Å²) in [5.74, 6) is 0. The monoisotopic (exact) mass is 214 g/mol. The Morgan fingerprint density at radius 3 is 2.43 bits per heavy atom. The number of aliphatic hydroxyl groups is 1. The Bertz CT molecular complexity index is 183. The number of aliphatic hydroxyl groups excluding tert-OH is 1. The molecule has 0 heterocycles. The zero-order valence-corrected chi connectivity index (χ0v) is 7.75. The Morgan fingerprint density at radius 2 is 2.00 bits per heavy atom. The van der Waals surface area contributed by atoms with E-state index in [-0.39, 0.29) is 6.42 Å². The fraction of sp³-hybridized carbons (Fsp3) is 1.00. The van der Waals surface area contributed by atoms with E-state index in [1.807, 2.05) is 0 Å². The van der Waals surface area contributed by atoms with Crippen LogP contribution in [0, 0.1) is 0 Å². The van der Waals surface area contributed by atoms with E-state index in [1.54, 1.807) is 6.92 Å². The number of alkyl halides is 3. The number of hydrogen-bond donors (Lipinski definition) is 1. The predicted octanol–water partition coefficient (Wildman–Crippen LogP) is 1.10. The summed E-state index contributed by atoms with van der Waals surface area (Å²) < 4.78 is 44.9. The molecule has 0 aromatic heterocycles. The van der Waals surface area contributed by atoms with Gasteiger partial charge in [-0.15, -0.1) is 0 Å². The fourth-order valence-electron chi connectivity index (χ4n) is 1.33. The van der Waals surface area contributed by atoms with Crippen molar-refractivity contribution in [2.24, 2.45) is 0 Å². The topological polar surface area (TPSA) is 38.7 Å². The molecule has 0 aromatic carbocycles. The lowest BCUT2D eigenvalue weighted by molar-refractivity contribution is -0.238. The minimum atomic E-state index is -4.32. The van der Waals surface area contributed by atoms with Gasteiger partial charge in [-0.05, 0) is 6.92 Å². The molecule has 0 radical (unpaired) electrons. The highest BCUT2D eigenvalue weighted by atomic mass is 19.4. The number of rotatable bonds is 4. The molecule has 0 aromatic rings. The molecule has 0 saturated heterocycles. The summed E-state index contributed by atoms with van der Waals surface area (Å²) >= 11 is 0. The zero-order chi connectivity index (χ0) is 10.8. The van der Waals surface area contributed by atoms with Gasteiger partial charge in [0.05, 0.1) is 12.2 Å². The van der Waals surface area contributed by atoms with E-state index < -0.39 is 31.1 Å². The van der Waals surface area contributed by atoms with Crippen molar-refractivity contribution in [3.05, 3.63) is 0 Å². The van der Waals surface area contributed by atoms with Gasteiger partial charge < -0.3 is 14.6 Å². The standard InChI is InChI=1S/C8H13F3O3/c1-2-13-7-5(12)3-6(7)14-4-8(9,10)11/h5-7,12H,2-4H2,1H3. The van der Waals surface area contributed by atoms with E-state index in [2.05, 4.69) is 4.74 Å². The van der Waals surface area contributed by atoms with Crippen LogP contribution in [0.2, 0.25) is 0 Å². The van der Waals surface area contributed by atoms with Crippen molar-refractivity contribution in [1.82, 2.24) is 0 Å². The molecule has 1 fully saturated rings. The van der Waals surface area contributed by atoms with E-state index >= 15 is 0 Å². The highest BCUT2D eigenvalue weighted by molar-refractivity contribution is 4.92. The molecule has 1 aliphatic rings. The summed E-state index contributed by atoms with van der Waals surface area (Å²) in [6.07, 6.45) is -6.06. The van der Waals surface area contributed by atoms with Crippen molar-refractivity contribution in [1.29, 1.82) is 0 Å². The van der Waals surface area contributed by atoms with Gasteiger partial charge >= 0.3 is 6.18 Å². The second-order valence-corrected chi connectivity index (χ2v) is 3.19. The normalized spacial score (nSPS) is 32.8. The van der Waals surface area contributed by atoms with Crippen LogP contribution in [0.15, 0.2) is 0 Å². The highest BCUT2D eigenvalue weighted by Gasteiger charge is 2.43. The Balaban J connectivity index is 2.26. The van der Waals surface area contributed by atoms with Crippen molar-refractivity contribution in [2.75, 3.05) is 13.2 Å². The Hall–Kier alpha value is -0.330. The number of hydrogen-bond acceptors (Lipinski definition) is 3. The molecule has 0 aliphatic heterocycles. The quantitative estimate of drug-likeness (QED) is 0.761. The number of ether oxygens (including phenoxy) is 2. The molecular weight excluding hydrogens is 201 g/mol. The van der Waals surface area contributed by atoms with Gasteiger partial charge in [-0.2, -0.15) is 13.2 Å². The van der Waals surface area contributed by atoms with Gasteiger partial charge in [0, 0.05) is 13.0 Å². The van der Waals surface area contributed by atoms with E-state index in [0.29, 0.717) is 6.61 Å². The van der Waals surface area contributed by atoms with Crippen molar-refractivity contribution in [2.45, 2.75) is 37.8 Å². The molecule has 6 heteroatoms. The molecule has 0 amide bonds. The lowest BCUT2D eigenvalue weighted by atomic mass is 9.88. The van der Waals surface area contributed by atoms with Crippen LogP contribution in [0.3, 0.4) is 0 Å². The van der Waals surface area contributed by atoms with Gasteiger partial charge in [-0.1, -0.05) is 0 Å². The third kappa shape index (κ3) is 3.11. The molecule has 0 spiro atoms. The fourth-order valence-corrected chi connectivity index (χ4v) is 1.33. The largest absolute Gasteiger partial charge is 0.411 e. The van der Waals surface area contributed by atoms with E-state index in [4.69, 9.17) is 9.84 Å². The summed E-state index contributed by atoms with van der Waals surface area (Å²) in [6, 6.07) is 0. The first-order valence-corrected chi connectivity index (χ1v) is 4.42. The van der Waals surface area contributed by atoms with Gasteiger partial charge in [0.1, 0.15) is 12.7 Å². The van der Waals surface area contributed by atoms with Crippen LogP contribution in [0.25, 0.3) is 0 Å². The molecule has 1 rings (SSSR count). The molecule has 1 saturated carbocycles. The third-order valence-electron chi connectivity index (χ3n) is 2.04.